The molecule has 4 rings (SSSR count). The fourth-order valence-electron chi connectivity index (χ4n) is 3.62. The van der Waals surface area contributed by atoms with Crippen LogP contribution in [0.4, 0.5) is 4.39 Å². The number of aryl methyl sites for hydroxylation is 2. The van der Waals surface area contributed by atoms with Crippen molar-refractivity contribution >= 4 is 11.2 Å². The third-order valence-electron chi connectivity index (χ3n) is 5.77. The number of hydrogen-bond donors (Lipinski definition) is 0. The van der Waals surface area contributed by atoms with Crippen LogP contribution < -0.4 is 0 Å². The van der Waals surface area contributed by atoms with Crippen LogP contribution in [0.5, 0.6) is 0 Å². The van der Waals surface area contributed by atoms with E-state index >= 15 is 4.39 Å². The molecule has 1 fully saturated rings. The van der Waals surface area contributed by atoms with Crippen molar-refractivity contribution < 1.29 is 9.13 Å². The number of aromatic nitrogens is 4. The normalized spacial score (nSPS) is 15.3. The lowest BCUT2D eigenvalue weighted by molar-refractivity contribution is 0.0836. The van der Waals surface area contributed by atoms with E-state index in [4.69, 9.17) is 9.72 Å². The summed E-state index contributed by atoms with van der Waals surface area (Å²) in [6.07, 6.45) is 1.64. The van der Waals surface area contributed by atoms with Gasteiger partial charge in [-0.3, -0.25) is 0 Å². The monoisotopic (exact) mass is 405 g/mol. The van der Waals surface area contributed by atoms with Gasteiger partial charge in [0.15, 0.2) is 5.65 Å². The minimum absolute atomic E-state index is 0.144. The zero-order chi connectivity index (χ0) is 21.5. The third kappa shape index (κ3) is 3.63. The van der Waals surface area contributed by atoms with Crippen molar-refractivity contribution in [2.75, 3.05) is 13.2 Å². The molecule has 0 atom stereocenters. The van der Waals surface area contributed by atoms with Crippen LogP contribution in [0.15, 0.2) is 18.2 Å². The fraction of sp³-hybridized carbons (Fsp3) is 0.435. The molecule has 0 bridgehead atoms. The van der Waals surface area contributed by atoms with Crippen molar-refractivity contribution in [1.82, 2.24) is 19.9 Å². The molecule has 30 heavy (non-hydrogen) atoms. The van der Waals surface area contributed by atoms with Crippen LogP contribution in [0.1, 0.15) is 55.4 Å². The molecule has 1 aromatic carbocycles. The fourth-order valence-corrected chi connectivity index (χ4v) is 3.62. The van der Waals surface area contributed by atoms with E-state index in [1.165, 1.54) is 6.07 Å². The van der Waals surface area contributed by atoms with E-state index in [0.717, 1.165) is 24.2 Å². The molecule has 1 aliphatic rings. The summed E-state index contributed by atoms with van der Waals surface area (Å²) >= 11 is 0. The van der Waals surface area contributed by atoms with Crippen LogP contribution >= 0.6 is 0 Å². The Morgan fingerprint density at radius 1 is 1.07 bits per heavy atom. The van der Waals surface area contributed by atoms with Gasteiger partial charge in [0.25, 0.3) is 0 Å². The summed E-state index contributed by atoms with van der Waals surface area (Å²) in [5.74, 6) is 0.359. The van der Waals surface area contributed by atoms with Gasteiger partial charge in [-0.05, 0) is 58.2 Å². The molecule has 1 aliphatic heterocycles. The summed E-state index contributed by atoms with van der Waals surface area (Å²) in [4.78, 5) is 18.7. The van der Waals surface area contributed by atoms with Gasteiger partial charge < -0.3 is 4.74 Å². The van der Waals surface area contributed by atoms with E-state index in [-0.39, 0.29) is 5.92 Å². The molecule has 7 heteroatoms. The van der Waals surface area contributed by atoms with Gasteiger partial charge >= 0.3 is 0 Å². The van der Waals surface area contributed by atoms with Crippen LogP contribution in [-0.4, -0.2) is 33.1 Å². The van der Waals surface area contributed by atoms with E-state index in [1.807, 2.05) is 13.8 Å². The molecule has 1 saturated heterocycles. The Morgan fingerprint density at radius 2 is 1.77 bits per heavy atom. The van der Waals surface area contributed by atoms with Gasteiger partial charge in [0.2, 0.25) is 0 Å². The lowest BCUT2D eigenvalue weighted by Gasteiger charge is -2.22. The average molecular weight is 405 g/mol. The largest absolute Gasteiger partial charge is 0.381 e. The van der Waals surface area contributed by atoms with E-state index in [0.29, 0.717) is 47.0 Å². The number of nitrogens with zero attached hydrogens (tertiary/aromatic N) is 5. The van der Waals surface area contributed by atoms with Crippen LogP contribution in [0.2, 0.25) is 0 Å². The summed E-state index contributed by atoms with van der Waals surface area (Å²) in [6.45, 7) is 8.60. The number of nitriles is 1. The first-order chi connectivity index (χ1) is 14.3. The Kier molecular flexibility index (Phi) is 5.20. The van der Waals surface area contributed by atoms with Crippen LogP contribution in [0.3, 0.4) is 0 Å². The maximum atomic E-state index is 15.2. The summed E-state index contributed by atoms with van der Waals surface area (Å²) in [7, 11) is 0. The van der Waals surface area contributed by atoms with Gasteiger partial charge in [-0.25, -0.2) is 24.3 Å². The third-order valence-corrected chi connectivity index (χ3v) is 5.77. The smallest absolute Gasteiger partial charge is 0.182 e. The van der Waals surface area contributed by atoms with Crippen molar-refractivity contribution in [2.24, 2.45) is 0 Å². The maximum Gasteiger partial charge on any atom is 0.182 e. The zero-order valence-electron chi connectivity index (χ0n) is 17.7. The molecule has 0 saturated carbocycles. The van der Waals surface area contributed by atoms with Crippen molar-refractivity contribution in [3.8, 4) is 17.3 Å². The second-order valence-corrected chi connectivity index (χ2v) is 8.32. The second kappa shape index (κ2) is 7.69. The van der Waals surface area contributed by atoms with Crippen molar-refractivity contribution in [2.45, 2.75) is 51.9 Å². The Bertz CT molecular complexity index is 1160. The number of ether oxygens (including phenoxy) is 1. The van der Waals surface area contributed by atoms with Gasteiger partial charge in [-0.2, -0.15) is 5.26 Å². The molecule has 6 nitrogen and oxygen atoms in total. The SMILES string of the molecule is Cc1nc2nc(C3CCOCC3)nc(-c3ccc(C(C)(C)C#N)cc3F)c2nc1C. The van der Waals surface area contributed by atoms with Crippen molar-refractivity contribution in [1.29, 1.82) is 5.26 Å². The number of fused-ring (bicyclic) bond motifs is 1. The highest BCUT2D eigenvalue weighted by Gasteiger charge is 2.25. The molecule has 2 aromatic heterocycles. The van der Waals surface area contributed by atoms with Crippen molar-refractivity contribution in [3.63, 3.8) is 0 Å². The minimum atomic E-state index is -0.784. The highest BCUT2D eigenvalue weighted by atomic mass is 19.1. The van der Waals surface area contributed by atoms with Crippen LogP contribution in [-0.2, 0) is 10.2 Å². The van der Waals surface area contributed by atoms with E-state index < -0.39 is 11.2 Å². The first-order valence-electron chi connectivity index (χ1n) is 10.1. The predicted molar refractivity (Wildman–Crippen MR) is 111 cm³/mol. The molecule has 0 N–H and O–H groups in total. The Morgan fingerprint density at radius 3 is 2.43 bits per heavy atom. The molecule has 0 amide bonds. The topological polar surface area (TPSA) is 84.6 Å². The Hall–Kier alpha value is -2.98. The number of rotatable bonds is 3. The highest BCUT2D eigenvalue weighted by Crippen LogP contribution is 2.33. The molecule has 0 unspecified atom stereocenters. The zero-order valence-corrected chi connectivity index (χ0v) is 17.7. The summed E-state index contributed by atoms with van der Waals surface area (Å²) in [5.41, 5.74) is 3.12. The summed E-state index contributed by atoms with van der Waals surface area (Å²) in [6, 6.07) is 7.08. The Balaban J connectivity index is 1.92. The standard InChI is InChI=1S/C23H24FN5O/c1-13-14(2)27-22-20(26-13)19(28-21(29-22)15-7-9-30-10-8-15)17-6-5-16(11-18(17)24)23(3,4)12-25/h5-6,11,15H,7-10H2,1-4H3. The van der Waals surface area contributed by atoms with Crippen molar-refractivity contribution in [3.05, 3.63) is 46.8 Å². The first-order valence-corrected chi connectivity index (χ1v) is 10.1. The van der Waals surface area contributed by atoms with Gasteiger partial charge in [-0.1, -0.05) is 6.07 Å². The lowest BCUT2D eigenvalue weighted by Crippen LogP contribution is -2.17. The van der Waals surface area contributed by atoms with Gasteiger partial charge in [0.05, 0.1) is 22.9 Å². The second-order valence-electron chi connectivity index (χ2n) is 8.32. The van der Waals surface area contributed by atoms with Gasteiger partial charge in [0.1, 0.15) is 22.9 Å². The van der Waals surface area contributed by atoms with E-state index in [9.17, 15) is 5.26 Å². The molecular weight excluding hydrogens is 381 g/mol. The lowest BCUT2D eigenvalue weighted by atomic mass is 9.85. The first kappa shape index (κ1) is 20.3. The molecule has 3 aromatic rings. The van der Waals surface area contributed by atoms with Crippen LogP contribution in [0.25, 0.3) is 22.4 Å². The van der Waals surface area contributed by atoms with E-state index in [1.54, 1.807) is 26.0 Å². The van der Waals surface area contributed by atoms with E-state index in [2.05, 4.69) is 21.0 Å². The molecule has 3 heterocycles. The molecule has 0 spiro atoms. The van der Waals surface area contributed by atoms with Gasteiger partial charge in [-0.15, -0.1) is 0 Å². The summed E-state index contributed by atoms with van der Waals surface area (Å²) < 4.78 is 20.7. The number of benzene rings is 1. The average Bonchev–Trinajstić information content (AvgIpc) is 2.74. The quantitative estimate of drug-likeness (QED) is 0.636. The summed E-state index contributed by atoms with van der Waals surface area (Å²) in [5, 5.41) is 9.38. The number of hydrogen-bond acceptors (Lipinski definition) is 6. The molecular formula is C23H24FN5O. The van der Waals surface area contributed by atoms with Gasteiger partial charge in [0, 0.05) is 24.7 Å². The molecule has 0 radical (unpaired) electrons. The molecule has 154 valence electrons. The van der Waals surface area contributed by atoms with Crippen LogP contribution in [0, 0.1) is 31.0 Å². The number of halogens is 1. The molecule has 0 aliphatic carbocycles. The minimum Gasteiger partial charge on any atom is -0.381 e. The Labute approximate surface area is 175 Å². The highest BCUT2D eigenvalue weighted by molar-refractivity contribution is 5.87. The maximum absolute atomic E-state index is 15.2. The predicted octanol–water partition coefficient (Wildman–Crippen LogP) is 4.54.